The molecule has 1 saturated carbocycles. The molecule has 2 atom stereocenters. The highest BCUT2D eigenvalue weighted by Gasteiger charge is 2.43. The third-order valence-electron chi connectivity index (χ3n) is 4.51. The van der Waals surface area contributed by atoms with Gasteiger partial charge in [0.15, 0.2) is 0 Å². The predicted molar refractivity (Wildman–Crippen MR) is 96.6 cm³/mol. The largest absolute Gasteiger partial charge is 0.370 e. The van der Waals surface area contributed by atoms with Crippen LogP contribution >= 0.6 is 24.8 Å². The van der Waals surface area contributed by atoms with E-state index in [4.69, 9.17) is 0 Å². The molecule has 0 unspecified atom stereocenters. The normalized spacial score (nSPS) is 23.9. The molecule has 1 aromatic rings. The van der Waals surface area contributed by atoms with Gasteiger partial charge in [-0.2, -0.15) is 4.98 Å². The Bertz CT molecular complexity index is 457. The van der Waals surface area contributed by atoms with Gasteiger partial charge in [0.25, 0.3) is 0 Å². The summed E-state index contributed by atoms with van der Waals surface area (Å²) in [6.45, 7) is 5.12. The quantitative estimate of drug-likeness (QED) is 0.886. The lowest BCUT2D eigenvalue weighted by molar-refractivity contribution is 0.238. The van der Waals surface area contributed by atoms with Crippen molar-refractivity contribution in [1.82, 2.24) is 14.9 Å². The van der Waals surface area contributed by atoms with Gasteiger partial charge in [0.2, 0.25) is 5.95 Å². The fraction of sp³-hybridized carbons (Fsp3) is 0.733. The summed E-state index contributed by atoms with van der Waals surface area (Å²) in [6.07, 6.45) is 4.66. The molecule has 1 aliphatic heterocycles. The molecule has 0 amide bonds. The summed E-state index contributed by atoms with van der Waals surface area (Å²) >= 11 is 0. The molecule has 1 aliphatic carbocycles. The van der Waals surface area contributed by atoms with E-state index in [0.29, 0.717) is 6.04 Å². The van der Waals surface area contributed by atoms with Crippen LogP contribution in [-0.2, 0) is 0 Å². The molecule has 3 rings (SSSR count). The second kappa shape index (κ2) is 8.18. The van der Waals surface area contributed by atoms with E-state index >= 15 is 0 Å². The first-order valence-corrected chi connectivity index (χ1v) is 7.67. The lowest BCUT2D eigenvalue weighted by Crippen LogP contribution is -2.36. The Labute approximate surface area is 145 Å². The Morgan fingerprint density at radius 1 is 1.27 bits per heavy atom. The number of halogens is 2. The van der Waals surface area contributed by atoms with Gasteiger partial charge in [0, 0.05) is 31.9 Å². The van der Waals surface area contributed by atoms with E-state index in [0.717, 1.165) is 43.2 Å². The minimum atomic E-state index is 0. The van der Waals surface area contributed by atoms with E-state index in [1.54, 1.807) is 0 Å². The van der Waals surface area contributed by atoms with Gasteiger partial charge < -0.3 is 15.1 Å². The van der Waals surface area contributed by atoms with Gasteiger partial charge in [-0.25, -0.2) is 4.98 Å². The molecule has 1 saturated heterocycles. The zero-order valence-corrected chi connectivity index (χ0v) is 15.2. The van der Waals surface area contributed by atoms with E-state index in [1.165, 1.54) is 12.8 Å². The number of rotatable bonds is 5. The summed E-state index contributed by atoms with van der Waals surface area (Å²) in [5, 5.41) is 3.26. The average molecular weight is 348 g/mol. The maximum absolute atomic E-state index is 4.64. The van der Waals surface area contributed by atoms with Gasteiger partial charge in [-0.15, -0.1) is 24.8 Å². The molecule has 0 bridgehead atoms. The van der Waals surface area contributed by atoms with Crippen LogP contribution in [0.5, 0.6) is 0 Å². The van der Waals surface area contributed by atoms with Crippen molar-refractivity contribution in [1.29, 1.82) is 0 Å². The monoisotopic (exact) mass is 347 g/mol. The van der Waals surface area contributed by atoms with Crippen molar-refractivity contribution < 1.29 is 0 Å². The minimum Gasteiger partial charge on any atom is -0.370 e. The predicted octanol–water partition coefficient (Wildman–Crippen LogP) is 2.53. The van der Waals surface area contributed by atoms with Gasteiger partial charge in [0.05, 0.1) is 0 Å². The Kier molecular flexibility index (Phi) is 7.16. The highest BCUT2D eigenvalue weighted by atomic mass is 35.5. The van der Waals surface area contributed by atoms with Crippen molar-refractivity contribution >= 4 is 36.6 Å². The minimum absolute atomic E-state index is 0. The van der Waals surface area contributed by atoms with Gasteiger partial charge in [0.1, 0.15) is 5.82 Å². The lowest BCUT2D eigenvalue weighted by Gasteiger charge is -2.24. The van der Waals surface area contributed by atoms with E-state index in [-0.39, 0.29) is 24.8 Å². The van der Waals surface area contributed by atoms with Crippen molar-refractivity contribution in [3.8, 4) is 0 Å². The van der Waals surface area contributed by atoms with E-state index in [9.17, 15) is 0 Å². The molecule has 22 heavy (non-hydrogen) atoms. The first kappa shape index (κ1) is 19.3. The van der Waals surface area contributed by atoms with Gasteiger partial charge in [-0.1, -0.05) is 0 Å². The molecule has 5 nitrogen and oxygen atoms in total. The molecule has 2 fully saturated rings. The maximum atomic E-state index is 4.64. The first-order chi connectivity index (χ1) is 9.69. The summed E-state index contributed by atoms with van der Waals surface area (Å²) in [5.41, 5.74) is 0. The van der Waals surface area contributed by atoms with Crippen molar-refractivity contribution in [2.75, 3.05) is 43.9 Å². The molecular formula is C15H27Cl2N5. The van der Waals surface area contributed by atoms with Crippen LogP contribution in [0.2, 0.25) is 0 Å². The van der Waals surface area contributed by atoms with Crippen molar-refractivity contribution in [3.63, 3.8) is 0 Å². The lowest BCUT2D eigenvalue weighted by atomic mass is 9.97. The summed E-state index contributed by atoms with van der Waals surface area (Å²) in [4.78, 5) is 13.8. The van der Waals surface area contributed by atoms with E-state index < -0.39 is 0 Å². The Morgan fingerprint density at radius 2 is 2.00 bits per heavy atom. The topological polar surface area (TPSA) is 44.3 Å². The van der Waals surface area contributed by atoms with Crippen LogP contribution in [0.15, 0.2) is 12.3 Å². The standard InChI is InChI=1S/C15H25N5.2ClH/c1-4-16-14-7-8-17-15(18-14)20-9-12(11-5-6-11)13(10-20)19(2)3;;/h7-8,11-13H,4-6,9-10H2,1-3H3,(H,16,17,18);2*1H/t12-,13+;;/m1../s1. The number of anilines is 2. The molecule has 0 radical (unpaired) electrons. The number of likely N-dealkylation sites (N-methyl/N-ethyl adjacent to an activating group) is 1. The van der Waals surface area contributed by atoms with Crippen LogP contribution in [0, 0.1) is 11.8 Å². The summed E-state index contributed by atoms with van der Waals surface area (Å²) in [7, 11) is 4.39. The van der Waals surface area contributed by atoms with Crippen LogP contribution in [0.25, 0.3) is 0 Å². The highest BCUT2D eigenvalue weighted by molar-refractivity contribution is 5.85. The van der Waals surface area contributed by atoms with Crippen LogP contribution in [0.4, 0.5) is 11.8 Å². The number of hydrogen-bond acceptors (Lipinski definition) is 5. The molecule has 2 aliphatic rings. The summed E-state index contributed by atoms with van der Waals surface area (Å²) in [6, 6.07) is 2.57. The molecule has 1 aromatic heterocycles. The number of nitrogens with zero attached hydrogens (tertiary/aromatic N) is 4. The Balaban J connectivity index is 0.00000121. The smallest absolute Gasteiger partial charge is 0.227 e. The second-order valence-corrected chi connectivity index (χ2v) is 6.21. The van der Waals surface area contributed by atoms with Crippen molar-refractivity contribution in [3.05, 3.63) is 12.3 Å². The van der Waals surface area contributed by atoms with Crippen LogP contribution in [-0.4, -0.2) is 54.6 Å². The third-order valence-corrected chi connectivity index (χ3v) is 4.51. The number of aromatic nitrogens is 2. The molecule has 0 aromatic carbocycles. The molecule has 126 valence electrons. The number of hydrogen-bond donors (Lipinski definition) is 1. The van der Waals surface area contributed by atoms with Crippen LogP contribution in [0.3, 0.4) is 0 Å². The SMILES string of the molecule is CCNc1ccnc(N2C[C@H](C3CC3)[C@@H](N(C)C)C2)n1.Cl.Cl. The highest BCUT2D eigenvalue weighted by Crippen LogP contribution is 2.43. The van der Waals surface area contributed by atoms with Gasteiger partial charge in [-0.05, 0) is 51.8 Å². The van der Waals surface area contributed by atoms with Crippen molar-refractivity contribution in [2.45, 2.75) is 25.8 Å². The molecule has 1 N–H and O–H groups in total. The molecule has 2 heterocycles. The summed E-state index contributed by atoms with van der Waals surface area (Å²) < 4.78 is 0. The van der Waals surface area contributed by atoms with E-state index in [2.05, 4.69) is 46.1 Å². The number of nitrogens with one attached hydrogen (secondary N) is 1. The van der Waals surface area contributed by atoms with Crippen molar-refractivity contribution in [2.24, 2.45) is 11.8 Å². The maximum Gasteiger partial charge on any atom is 0.227 e. The zero-order chi connectivity index (χ0) is 14.1. The summed E-state index contributed by atoms with van der Waals surface area (Å²) in [5.74, 6) is 3.49. The second-order valence-electron chi connectivity index (χ2n) is 6.21. The fourth-order valence-electron chi connectivity index (χ4n) is 3.29. The first-order valence-electron chi connectivity index (χ1n) is 7.67. The van der Waals surface area contributed by atoms with Crippen LogP contribution < -0.4 is 10.2 Å². The average Bonchev–Trinajstić information content (AvgIpc) is 3.18. The molecule has 7 heteroatoms. The fourth-order valence-corrected chi connectivity index (χ4v) is 3.29. The molecular weight excluding hydrogens is 321 g/mol. The van der Waals surface area contributed by atoms with E-state index in [1.807, 2.05) is 12.3 Å². The van der Waals surface area contributed by atoms with Crippen LogP contribution in [0.1, 0.15) is 19.8 Å². The molecule has 0 spiro atoms. The van der Waals surface area contributed by atoms with Gasteiger partial charge >= 0.3 is 0 Å². The third kappa shape index (κ3) is 4.15. The Morgan fingerprint density at radius 3 is 2.59 bits per heavy atom. The van der Waals surface area contributed by atoms with Gasteiger partial charge in [-0.3, -0.25) is 0 Å². The Hall–Kier alpha value is -0.780. The zero-order valence-electron chi connectivity index (χ0n) is 13.5.